The molecule has 3 rings (SSSR count). The molecule has 5 nitrogen and oxygen atoms in total. The lowest BCUT2D eigenvalue weighted by molar-refractivity contribution is -0.143. The van der Waals surface area contributed by atoms with Crippen LogP contribution in [-0.4, -0.2) is 35.4 Å². The number of hydrogen-bond acceptors (Lipinski definition) is 3. The lowest BCUT2D eigenvalue weighted by Crippen LogP contribution is -2.53. The first-order chi connectivity index (χ1) is 17.3. The van der Waals surface area contributed by atoms with Crippen LogP contribution >= 0.6 is 34.8 Å². The summed E-state index contributed by atoms with van der Waals surface area (Å²) in [7, 11) is 0. The van der Waals surface area contributed by atoms with Crippen molar-refractivity contribution < 1.29 is 14.3 Å². The van der Waals surface area contributed by atoms with Gasteiger partial charge in [0.05, 0.1) is 15.1 Å². The highest BCUT2D eigenvalue weighted by molar-refractivity contribution is 6.42. The summed E-state index contributed by atoms with van der Waals surface area (Å²) in [6, 6.07) is 20.9. The fourth-order valence-electron chi connectivity index (χ4n) is 3.61. The summed E-state index contributed by atoms with van der Waals surface area (Å²) in [5, 5.41) is 4.22. The quantitative estimate of drug-likeness (QED) is 0.295. The summed E-state index contributed by atoms with van der Waals surface area (Å²) < 4.78 is 5.74. The van der Waals surface area contributed by atoms with Gasteiger partial charge in [-0.15, -0.1) is 0 Å². The molecular weight excluding hydrogens is 519 g/mol. The summed E-state index contributed by atoms with van der Waals surface area (Å²) in [5.41, 5.74) is 1.67. The van der Waals surface area contributed by atoms with Crippen molar-refractivity contribution in [2.75, 3.05) is 6.61 Å². The number of carbonyl (C=O) groups is 2. The molecule has 0 spiro atoms. The Bertz CT molecular complexity index is 1170. The molecule has 0 bridgehead atoms. The highest BCUT2D eigenvalue weighted by Gasteiger charge is 2.31. The number of nitrogens with one attached hydrogen (secondary N) is 1. The van der Waals surface area contributed by atoms with E-state index in [9.17, 15) is 9.59 Å². The highest BCUT2D eigenvalue weighted by Crippen LogP contribution is 2.26. The maximum Gasteiger partial charge on any atom is 0.261 e. The molecule has 36 heavy (non-hydrogen) atoms. The fraction of sp³-hybridized carbons (Fsp3) is 0.286. The Hall–Kier alpha value is -2.73. The van der Waals surface area contributed by atoms with Crippen LogP contribution in [0.4, 0.5) is 0 Å². The molecule has 0 radical (unpaired) electrons. The molecule has 0 saturated carbocycles. The molecule has 8 heteroatoms. The van der Waals surface area contributed by atoms with Gasteiger partial charge in [-0.3, -0.25) is 9.59 Å². The Labute approximate surface area is 227 Å². The first kappa shape index (κ1) is 27.9. The molecule has 0 aliphatic carbocycles. The maximum atomic E-state index is 13.6. The van der Waals surface area contributed by atoms with E-state index in [-0.39, 0.29) is 31.0 Å². The number of benzene rings is 3. The lowest BCUT2D eigenvalue weighted by Gasteiger charge is -2.32. The minimum Gasteiger partial charge on any atom is -0.482 e. The number of rotatable bonds is 11. The zero-order chi connectivity index (χ0) is 26.1. The fourth-order valence-corrected chi connectivity index (χ4v) is 4.12. The number of hydrogen-bond donors (Lipinski definition) is 1. The Kier molecular flexibility index (Phi) is 10.5. The largest absolute Gasteiger partial charge is 0.482 e. The standard InChI is InChI=1S/C28H29Cl3N2O3/c1-3-19(2)32-28(35)25(16-20-9-5-4-6-10-20)33(17-21-13-14-22(29)24(31)15-21)27(34)18-36-26-12-8-7-11-23(26)30/h4-15,19,25H,3,16-18H2,1-2H3,(H,32,35)/t19-,25-/m0/s1. The van der Waals surface area contributed by atoms with Gasteiger partial charge < -0.3 is 15.0 Å². The second-order valence-electron chi connectivity index (χ2n) is 8.51. The molecule has 3 aromatic rings. The second-order valence-corrected chi connectivity index (χ2v) is 9.73. The van der Waals surface area contributed by atoms with Gasteiger partial charge in [0.1, 0.15) is 11.8 Å². The molecule has 3 aromatic carbocycles. The van der Waals surface area contributed by atoms with E-state index < -0.39 is 6.04 Å². The predicted molar refractivity (Wildman–Crippen MR) is 146 cm³/mol. The van der Waals surface area contributed by atoms with Gasteiger partial charge in [-0.05, 0) is 48.7 Å². The van der Waals surface area contributed by atoms with E-state index in [0.29, 0.717) is 27.2 Å². The Balaban J connectivity index is 1.94. The average Bonchev–Trinajstić information content (AvgIpc) is 2.88. The molecule has 0 saturated heterocycles. The topological polar surface area (TPSA) is 58.6 Å². The van der Waals surface area contributed by atoms with Gasteiger partial charge in [0, 0.05) is 19.0 Å². The van der Waals surface area contributed by atoms with E-state index in [0.717, 1.165) is 17.5 Å². The van der Waals surface area contributed by atoms with Gasteiger partial charge in [0.25, 0.3) is 5.91 Å². The van der Waals surface area contributed by atoms with Crippen LogP contribution in [0.2, 0.25) is 15.1 Å². The lowest BCUT2D eigenvalue weighted by atomic mass is 10.0. The minimum absolute atomic E-state index is 0.0444. The normalized spacial score (nSPS) is 12.5. The van der Waals surface area contributed by atoms with E-state index in [2.05, 4.69) is 5.32 Å². The van der Waals surface area contributed by atoms with E-state index in [4.69, 9.17) is 39.5 Å². The molecule has 1 N–H and O–H groups in total. The van der Waals surface area contributed by atoms with Crippen LogP contribution in [0.3, 0.4) is 0 Å². The number of halogens is 3. The van der Waals surface area contributed by atoms with Crippen molar-refractivity contribution >= 4 is 46.6 Å². The minimum atomic E-state index is -0.779. The highest BCUT2D eigenvalue weighted by atomic mass is 35.5. The molecule has 2 amide bonds. The summed E-state index contributed by atoms with van der Waals surface area (Å²) in [5.74, 6) is -0.203. The molecule has 0 heterocycles. The van der Waals surface area contributed by atoms with Crippen LogP contribution in [0.1, 0.15) is 31.4 Å². The van der Waals surface area contributed by atoms with Gasteiger partial charge in [-0.2, -0.15) is 0 Å². The molecule has 0 aliphatic rings. The zero-order valence-electron chi connectivity index (χ0n) is 20.2. The van der Waals surface area contributed by atoms with Gasteiger partial charge in [0.15, 0.2) is 6.61 Å². The van der Waals surface area contributed by atoms with Crippen LogP contribution in [-0.2, 0) is 22.6 Å². The number of ether oxygens (including phenoxy) is 1. The van der Waals surface area contributed by atoms with Crippen molar-refractivity contribution in [3.63, 3.8) is 0 Å². The molecule has 0 aromatic heterocycles. The maximum absolute atomic E-state index is 13.6. The van der Waals surface area contributed by atoms with Gasteiger partial charge in [-0.25, -0.2) is 0 Å². The Morgan fingerprint density at radius 2 is 1.58 bits per heavy atom. The van der Waals surface area contributed by atoms with Gasteiger partial charge in [-0.1, -0.05) is 90.3 Å². The van der Waals surface area contributed by atoms with Crippen LogP contribution in [0.25, 0.3) is 0 Å². The van der Waals surface area contributed by atoms with Crippen LogP contribution in [0.15, 0.2) is 72.8 Å². The second kappa shape index (κ2) is 13.5. The predicted octanol–water partition coefficient (Wildman–Crippen LogP) is 6.58. The SMILES string of the molecule is CC[C@H](C)NC(=O)[C@H](Cc1ccccc1)N(Cc1ccc(Cl)c(Cl)c1)C(=O)COc1ccccc1Cl. The van der Waals surface area contributed by atoms with Crippen LogP contribution in [0.5, 0.6) is 5.75 Å². The molecule has 0 unspecified atom stereocenters. The average molecular weight is 548 g/mol. The monoisotopic (exact) mass is 546 g/mol. The van der Waals surface area contributed by atoms with Crippen molar-refractivity contribution in [3.05, 3.63) is 99.0 Å². The van der Waals surface area contributed by atoms with E-state index in [1.165, 1.54) is 4.90 Å². The van der Waals surface area contributed by atoms with Crippen LogP contribution in [0, 0.1) is 0 Å². The van der Waals surface area contributed by atoms with Gasteiger partial charge >= 0.3 is 0 Å². The van der Waals surface area contributed by atoms with Crippen molar-refractivity contribution in [3.8, 4) is 5.75 Å². The van der Waals surface area contributed by atoms with E-state index in [1.807, 2.05) is 44.2 Å². The third kappa shape index (κ3) is 7.89. The van der Waals surface area contributed by atoms with E-state index in [1.54, 1.807) is 42.5 Å². The van der Waals surface area contributed by atoms with Crippen molar-refractivity contribution in [1.29, 1.82) is 0 Å². The Morgan fingerprint density at radius 3 is 2.25 bits per heavy atom. The summed E-state index contributed by atoms with van der Waals surface area (Å²) >= 11 is 18.5. The van der Waals surface area contributed by atoms with Crippen LogP contribution < -0.4 is 10.1 Å². The summed E-state index contributed by atoms with van der Waals surface area (Å²) in [6.45, 7) is 3.79. The molecule has 0 fully saturated rings. The third-order valence-corrected chi connectivity index (χ3v) is 6.85. The van der Waals surface area contributed by atoms with Crippen molar-refractivity contribution in [2.24, 2.45) is 0 Å². The third-order valence-electron chi connectivity index (χ3n) is 5.80. The summed E-state index contributed by atoms with van der Waals surface area (Å²) in [6.07, 6.45) is 1.10. The first-order valence-electron chi connectivity index (χ1n) is 11.7. The van der Waals surface area contributed by atoms with Crippen molar-refractivity contribution in [1.82, 2.24) is 10.2 Å². The summed E-state index contributed by atoms with van der Waals surface area (Å²) in [4.78, 5) is 28.6. The number of amides is 2. The number of carbonyl (C=O) groups excluding carboxylic acids is 2. The number of para-hydroxylation sites is 1. The molecular formula is C28H29Cl3N2O3. The molecule has 0 aliphatic heterocycles. The molecule has 2 atom stereocenters. The zero-order valence-corrected chi connectivity index (χ0v) is 22.5. The number of nitrogens with zero attached hydrogens (tertiary/aromatic N) is 1. The smallest absolute Gasteiger partial charge is 0.261 e. The Morgan fingerprint density at radius 1 is 0.889 bits per heavy atom. The molecule has 190 valence electrons. The van der Waals surface area contributed by atoms with Gasteiger partial charge in [0.2, 0.25) is 5.91 Å². The van der Waals surface area contributed by atoms with Crippen molar-refractivity contribution in [2.45, 2.75) is 45.3 Å². The first-order valence-corrected chi connectivity index (χ1v) is 12.9. The van der Waals surface area contributed by atoms with E-state index >= 15 is 0 Å².